The number of aryl methyl sites for hydroxylation is 1. The van der Waals surface area contributed by atoms with Crippen molar-refractivity contribution in [1.29, 1.82) is 0 Å². The van der Waals surface area contributed by atoms with Gasteiger partial charge in [-0.05, 0) is 25.9 Å². The third-order valence-corrected chi connectivity index (χ3v) is 2.54. The summed E-state index contributed by atoms with van der Waals surface area (Å²) in [7, 11) is 0. The quantitative estimate of drug-likeness (QED) is 0.670. The van der Waals surface area contributed by atoms with Gasteiger partial charge in [-0.15, -0.1) is 0 Å². The molecule has 0 aromatic carbocycles. The normalized spacial score (nSPS) is 20.5. The molecular formula is C8H14N4. The van der Waals surface area contributed by atoms with Gasteiger partial charge in [-0.25, -0.2) is 4.98 Å². The maximum absolute atomic E-state index is 4.32. The summed E-state index contributed by atoms with van der Waals surface area (Å²) in [6.45, 7) is 6.33. The predicted octanol–water partition coefficient (Wildman–Crippen LogP) is 0.436. The number of aromatic amines is 1. The first kappa shape index (κ1) is 7.73. The van der Waals surface area contributed by atoms with Crippen molar-refractivity contribution in [2.75, 3.05) is 13.1 Å². The van der Waals surface area contributed by atoms with Crippen LogP contribution in [0.2, 0.25) is 0 Å². The third kappa shape index (κ3) is 1.22. The molecule has 0 saturated carbocycles. The molecule has 12 heavy (non-hydrogen) atoms. The number of hydrogen-bond acceptors (Lipinski definition) is 3. The van der Waals surface area contributed by atoms with Crippen LogP contribution in [0.4, 0.5) is 0 Å². The first-order valence-electron chi connectivity index (χ1n) is 4.37. The van der Waals surface area contributed by atoms with E-state index in [0.717, 1.165) is 30.7 Å². The molecule has 2 rings (SSSR count). The summed E-state index contributed by atoms with van der Waals surface area (Å²) in [5.41, 5.74) is 0. The Kier molecular flexibility index (Phi) is 1.84. The van der Waals surface area contributed by atoms with E-state index in [1.165, 1.54) is 0 Å². The molecule has 66 valence electrons. The van der Waals surface area contributed by atoms with Crippen LogP contribution in [-0.2, 0) is 0 Å². The van der Waals surface area contributed by atoms with E-state index in [4.69, 9.17) is 0 Å². The monoisotopic (exact) mass is 166 g/mol. The molecular weight excluding hydrogens is 152 g/mol. The number of hydrogen-bond donors (Lipinski definition) is 2. The van der Waals surface area contributed by atoms with E-state index in [1.807, 2.05) is 6.92 Å². The molecule has 4 heteroatoms. The summed E-state index contributed by atoms with van der Waals surface area (Å²) in [6.07, 6.45) is 0. The van der Waals surface area contributed by atoms with Gasteiger partial charge in [0.2, 0.25) is 0 Å². The molecule has 1 aliphatic heterocycles. The first-order chi connectivity index (χ1) is 5.77. The number of rotatable bonds is 2. The lowest BCUT2D eigenvalue weighted by Crippen LogP contribution is -2.44. The highest BCUT2D eigenvalue weighted by Crippen LogP contribution is 2.23. The molecule has 4 nitrogen and oxygen atoms in total. The number of nitrogens with one attached hydrogen (secondary N) is 2. The number of H-pyrrole nitrogens is 1. The summed E-state index contributed by atoms with van der Waals surface area (Å²) in [4.78, 5) is 4.32. The average molecular weight is 166 g/mol. The molecule has 0 radical (unpaired) electrons. The molecule has 1 aliphatic rings. The Hall–Kier alpha value is -0.900. The molecule has 0 amide bonds. The first-order valence-corrected chi connectivity index (χ1v) is 4.37. The SMILES string of the molecule is Cc1nc(C(C)C2CNC2)n[nH]1. The lowest BCUT2D eigenvalue weighted by Gasteiger charge is -2.30. The van der Waals surface area contributed by atoms with Gasteiger partial charge in [0.05, 0.1) is 0 Å². The summed E-state index contributed by atoms with van der Waals surface area (Å²) in [5, 5.41) is 10.3. The molecule has 1 saturated heterocycles. The van der Waals surface area contributed by atoms with Crippen molar-refractivity contribution in [3.05, 3.63) is 11.6 Å². The molecule has 1 fully saturated rings. The Morgan fingerprint density at radius 3 is 2.67 bits per heavy atom. The molecule has 0 aliphatic carbocycles. The summed E-state index contributed by atoms with van der Waals surface area (Å²) in [6, 6.07) is 0. The second-order valence-electron chi connectivity index (χ2n) is 3.49. The molecule has 1 aromatic rings. The van der Waals surface area contributed by atoms with Gasteiger partial charge < -0.3 is 5.32 Å². The highest BCUT2D eigenvalue weighted by atomic mass is 15.2. The molecule has 0 spiro atoms. The number of aromatic nitrogens is 3. The van der Waals surface area contributed by atoms with Crippen molar-refractivity contribution in [3.8, 4) is 0 Å². The van der Waals surface area contributed by atoms with E-state index in [1.54, 1.807) is 0 Å². The van der Waals surface area contributed by atoms with E-state index in [0.29, 0.717) is 5.92 Å². The third-order valence-electron chi connectivity index (χ3n) is 2.54. The average Bonchev–Trinajstić information content (AvgIpc) is 2.31. The van der Waals surface area contributed by atoms with Crippen molar-refractivity contribution >= 4 is 0 Å². The highest BCUT2D eigenvalue weighted by Gasteiger charge is 2.26. The van der Waals surface area contributed by atoms with Crippen LogP contribution in [0, 0.1) is 12.8 Å². The molecule has 1 unspecified atom stereocenters. The van der Waals surface area contributed by atoms with Gasteiger partial charge in [-0.1, -0.05) is 6.92 Å². The minimum atomic E-state index is 0.483. The Morgan fingerprint density at radius 1 is 1.50 bits per heavy atom. The van der Waals surface area contributed by atoms with Gasteiger partial charge in [-0.3, -0.25) is 5.10 Å². The summed E-state index contributed by atoms with van der Waals surface area (Å²) >= 11 is 0. The summed E-state index contributed by atoms with van der Waals surface area (Å²) in [5.74, 6) is 3.07. The van der Waals surface area contributed by atoms with Crippen LogP contribution in [0.1, 0.15) is 24.5 Å². The topological polar surface area (TPSA) is 53.6 Å². The molecule has 1 atom stereocenters. The maximum atomic E-state index is 4.32. The van der Waals surface area contributed by atoms with Crippen molar-refractivity contribution in [2.24, 2.45) is 5.92 Å². The van der Waals surface area contributed by atoms with Crippen LogP contribution in [0.3, 0.4) is 0 Å². The lowest BCUT2D eigenvalue weighted by atomic mass is 9.88. The number of nitrogens with zero attached hydrogens (tertiary/aromatic N) is 2. The standard InChI is InChI=1S/C8H14N4/c1-5(7-3-9-4-7)8-10-6(2)11-12-8/h5,7,9H,3-4H2,1-2H3,(H,10,11,12). The second kappa shape index (κ2) is 2.86. The molecule has 0 bridgehead atoms. The molecule has 2 N–H and O–H groups in total. The fraction of sp³-hybridized carbons (Fsp3) is 0.750. The minimum absolute atomic E-state index is 0.483. The van der Waals surface area contributed by atoms with E-state index in [-0.39, 0.29) is 0 Å². The van der Waals surface area contributed by atoms with Gasteiger partial charge >= 0.3 is 0 Å². The van der Waals surface area contributed by atoms with Crippen LogP contribution in [0.25, 0.3) is 0 Å². The smallest absolute Gasteiger partial charge is 0.153 e. The van der Waals surface area contributed by atoms with Crippen molar-refractivity contribution in [2.45, 2.75) is 19.8 Å². The Labute approximate surface area is 71.8 Å². The predicted molar refractivity (Wildman–Crippen MR) is 45.9 cm³/mol. The van der Waals surface area contributed by atoms with E-state index in [2.05, 4.69) is 27.4 Å². The highest BCUT2D eigenvalue weighted by molar-refractivity contribution is 5.00. The van der Waals surface area contributed by atoms with E-state index in [9.17, 15) is 0 Å². The van der Waals surface area contributed by atoms with Crippen molar-refractivity contribution in [1.82, 2.24) is 20.5 Å². The van der Waals surface area contributed by atoms with Crippen LogP contribution < -0.4 is 5.32 Å². The van der Waals surface area contributed by atoms with Crippen molar-refractivity contribution < 1.29 is 0 Å². The van der Waals surface area contributed by atoms with E-state index >= 15 is 0 Å². The van der Waals surface area contributed by atoms with Crippen LogP contribution >= 0.6 is 0 Å². The summed E-state index contributed by atoms with van der Waals surface area (Å²) < 4.78 is 0. The fourth-order valence-electron chi connectivity index (χ4n) is 1.44. The fourth-order valence-corrected chi connectivity index (χ4v) is 1.44. The van der Waals surface area contributed by atoms with Gasteiger partial charge in [0, 0.05) is 5.92 Å². The van der Waals surface area contributed by atoms with Gasteiger partial charge in [0.15, 0.2) is 5.82 Å². The lowest BCUT2D eigenvalue weighted by molar-refractivity contribution is 0.296. The Balaban J connectivity index is 2.08. The maximum Gasteiger partial charge on any atom is 0.153 e. The second-order valence-corrected chi connectivity index (χ2v) is 3.49. The minimum Gasteiger partial charge on any atom is -0.316 e. The largest absolute Gasteiger partial charge is 0.316 e. The van der Waals surface area contributed by atoms with Crippen LogP contribution in [0.15, 0.2) is 0 Å². The molecule has 2 heterocycles. The van der Waals surface area contributed by atoms with Crippen molar-refractivity contribution in [3.63, 3.8) is 0 Å². The van der Waals surface area contributed by atoms with Gasteiger partial charge in [0.25, 0.3) is 0 Å². The Morgan fingerprint density at radius 2 is 2.25 bits per heavy atom. The molecule has 1 aromatic heterocycles. The zero-order valence-corrected chi connectivity index (χ0v) is 7.46. The zero-order chi connectivity index (χ0) is 8.55. The zero-order valence-electron chi connectivity index (χ0n) is 7.46. The Bertz CT molecular complexity index is 264. The van der Waals surface area contributed by atoms with Gasteiger partial charge in [0.1, 0.15) is 5.82 Å². The van der Waals surface area contributed by atoms with E-state index < -0.39 is 0 Å². The van der Waals surface area contributed by atoms with Gasteiger partial charge in [-0.2, -0.15) is 5.10 Å². The van der Waals surface area contributed by atoms with Crippen LogP contribution in [0.5, 0.6) is 0 Å². The van der Waals surface area contributed by atoms with Crippen LogP contribution in [-0.4, -0.2) is 28.3 Å².